The summed E-state index contributed by atoms with van der Waals surface area (Å²) in [7, 11) is 0. The number of hydrogen-bond acceptors (Lipinski definition) is 4. The van der Waals surface area contributed by atoms with Crippen molar-refractivity contribution in [3.63, 3.8) is 0 Å². The second kappa shape index (κ2) is 6.74. The fourth-order valence-electron chi connectivity index (χ4n) is 1.09. The van der Waals surface area contributed by atoms with Crippen LogP contribution in [0.4, 0.5) is 0 Å². The molecule has 0 aliphatic heterocycles. The molecule has 15 heavy (non-hydrogen) atoms. The highest BCUT2D eigenvalue weighted by Gasteiger charge is 2.03. The number of aliphatic hydroxyl groups excluding tert-OH is 1. The van der Waals surface area contributed by atoms with Crippen LogP contribution in [-0.4, -0.2) is 28.3 Å². The first-order valence-electron chi connectivity index (χ1n) is 5.03. The van der Waals surface area contributed by atoms with Gasteiger partial charge in [0.05, 0.1) is 6.61 Å². The number of ether oxygens (including phenoxy) is 1. The molecule has 0 atom stereocenters. The Bertz CT molecular complexity index is 307. The summed E-state index contributed by atoms with van der Waals surface area (Å²) >= 11 is 3.31. The van der Waals surface area contributed by atoms with Crippen molar-refractivity contribution in [2.24, 2.45) is 0 Å². The fourth-order valence-corrected chi connectivity index (χ4v) is 1.49. The van der Waals surface area contributed by atoms with Gasteiger partial charge < -0.3 is 9.84 Å². The second-order valence-corrected chi connectivity index (χ2v) is 3.93. The largest absolute Gasteiger partial charge is 0.477 e. The van der Waals surface area contributed by atoms with Crippen LogP contribution in [0.25, 0.3) is 0 Å². The Hall–Kier alpha value is -0.680. The van der Waals surface area contributed by atoms with E-state index in [1.54, 1.807) is 6.07 Å². The third-order valence-corrected chi connectivity index (χ3v) is 2.15. The van der Waals surface area contributed by atoms with Crippen LogP contribution in [0.15, 0.2) is 10.7 Å². The van der Waals surface area contributed by atoms with Gasteiger partial charge in [-0.3, -0.25) is 0 Å². The Kier molecular flexibility index (Phi) is 5.57. The Morgan fingerprint density at radius 3 is 2.93 bits per heavy atom. The van der Waals surface area contributed by atoms with E-state index in [1.807, 2.05) is 0 Å². The molecule has 0 radical (unpaired) electrons. The van der Waals surface area contributed by atoms with Crippen LogP contribution in [-0.2, 0) is 6.42 Å². The molecule has 0 amide bonds. The molecule has 5 heteroatoms. The molecule has 84 valence electrons. The zero-order valence-electron chi connectivity index (χ0n) is 8.74. The summed E-state index contributed by atoms with van der Waals surface area (Å²) in [6.45, 7) is 2.69. The molecule has 1 aromatic heterocycles. The molecule has 1 N–H and O–H groups in total. The van der Waals surface area contributed by atoms with Crippen LogP contribution < -0.4 is 4.74 Å². The van der Waals surface area contributed by atoms with Crippen LogP contribution in [0.1, 0.15) is 25.6 Å². The van der Waals surface area contributed by atoms with Gasteiger partial charge in [0.15, 0.2) is 0 Å². The highest BCUT2D eigenvalue weighted by Crippen LogP contribution is 2.15. The minimum Gasteiger partial charge on any atom is -0.477 e. The van der Waals surface area contributed by atoms with E-state index >= 15 is 0 Å². The van der Waals surface area contributed by atoms with E-state index in [2.05, 4.69) is 32.8 Å². The molecular formula is C10H15BrN2O2. The Balaban J connectivity index is 2.62. The highest BCUT2D eigenvalue weighted by atomic mass is 79.9. The lowest BCUT2D eigenvalue weighted by Crippen LogP contribution is -2.04. The van der Waals surface area contributed by atoms with Crippen molar-refractivity contribution in [3.05, 3.63) is 16.5 Å². The molecule has 0 spiro atoms. The van der Waals surface area contributed by atoms with Crippen LogP contribution >= 0.6 is 15.9 Å². The summed E-state index contributed by atoms with van der Waals surface area (Å²) < 4.78 is 6.11. The van der Waals surface area contributed by atoms with E-state index in [1.165, 1.54) is 0 Å². The number of rotatable bonds is 6. The zero-order chi connectivity index (χ0) is 11.1. The van der Waals surface area contributed by atoms with Gasteiger partial charge in [0.1, 0.15) is 10.4 Å². The van der Waals surface area contributed by atoms with E-state index in [4.69, 9.17) is 9.84 Å². The van der Waals surface area contributed by atoms with Crippen molar-refractivity contribution in [3.8, 4) is 5.88 Å². The summed E-state index contributed by atoms with van der Waals surface area (Å²) in [5.74, 6) is 1.35. The first kappa shape index (κ1) is 12.4. The normalized spacial score (nSPS) is 10.3. The van der Waals surface area contributed by atoms with Gasteiger partial charge in [-0.25, -0.2) is 4.98 Å². The summed E-state index contributed by atoms with van der Waals surface area (Å²) in [4.78, 5) is 8.48. The maximum Gasteiger partial charge on any atom is 0.217 e. The lowest BCUT2D eigenvalue weighted by molar-refractivity contribution is 0.228. The van der Waals surface area contributed by atoms with Gasteiger partial charge in [-0.05, 0) is 22.4 Å². The van der Waals surface area contributed by atoms with Gasteiger partial charge in [-0.1, -0.05) is 6.92 Å². The van der Waals surface area contributed by atoms with E-state index < -0.39 is 0 Å². The molecule has 0 bridgehead atoms. The van der Waals surface area contributed by atoms with E-state index in [0.717, 1.165) is 23.3 Å². The molecule has 0 aliphatic rings. The topological polar surface area (TPSA) is 55.2 Å². The van der Waals surface area contributed by atoms with Gasteiger partial charge in [0, 0.05) is 25.5 Å². The van der Waals surface area contributed by atoms with E-state index in [0.29, 0.717) is 18.9 Å². The molecule has 0 aromatic carbocycles. The molecule has 1 heterocycles. The fraction of sp³-hybridized carbons (Fsp3) is 0.600. The van der Waals surface area contributed by atoms with Crippen molar-refractivity contribution in [2.45, 2.75) is 26.2 Å². The number of nitrogens with zero attached hydrogens (tertiary/aromatic N) is 2. The van der Waals surface area contributed by atoms with Gasteiger partial charge in [-0.15, -0.1) is 0 Å². The van der Waals surface area contributed by atoms with Crippen LogP contribution in [0.2, 0.25) is 0 Å². The lowest BCUT2D eigenvalue weighted by atomic mass is 10.3. The standard InChI is InChI=1S/C10H15BrN2O2/c1-2-4-9-12-8(11)7-10(13-9)15-6-3-5-14/h7,14H,2-6H2,1H3. The Morgan fingerprint density at radius 2 is 2.27 bits per heavy atom. The van der Waals surface area contributed by atoms with Crippen LogP contribution in [0.5, 0.6) is 5.88 Å². The predicted octanol–water partition coefficient (Wildman–Crippen LogP) is 1.95. The van der Waals surface area contributed by atoms with Crippen molar-refractivity contribution in [1.29, 1.82) is 0 Å². The maximum absolute atomic E-state index is 8.62. The molecule has 1 rings (SSSR count). The molecule has 0 unspecified atom stereocenters. The summed E-state index contributed by atoms with van der Waals surface area (Å²) in [6.07, 6.45) is 2.47. The molecule has 1 aromatic rings. The van der Waals surface area contributed by atoms with Crippen molar-refractivity contribution in [2.75, 3.05) is 13.2 Å². The minimum atomic E-state index is 0.133. The maximum atomic E-state index is 8.62. The minimum absolute atomic E-state index is 0.133. The average molecular weight is 275 g/mol. The molecule has 4 nitrogen and oxygen atoms in total. The van der Waals surface area contributed by atoms with E-state index in [-0.39, 0.29) is 6.61 Å². The van der Waals surface area contributed by atoms with Crippen LogP contribution in [0.3, 0.4) is 0 Å². The number of aliphatic hydroxyl groups is 1. The van der Waals surface area contributed by atoms with Crippen molar-refractivity contribution < 1.29 is 9.84 Å². The predicted molar refractivity (Wildman–Crippen MR) is 60.9 cm³/mol. The number of halogens is 1. The molecule has 0 fully saturated rings. The molecule has 0 saturated heterocycles. The first-order chi connectivity index (χ1) is 7.26. The van der Waals surface area contributed by atoms with Crippen LogP contribution in [0, 0.1) is 0 Å². The zero-order valence-corrected chi connectivity index (χ0v) is 10.3. The SMILES string of the molecule is CCCc1nc(Br)cc(OCCCO)n1. The number of hydrogen-bond donors (Lipinski definition) is 1. The summed E-state index contributed by atoms with van der Waals surface area (Å²) in [6, 6.07) is 1.73. The molecule has 0 saturated carbocycles. The lowest BCUT2D eigenvalue weighted by Gasteiger charge is -2.06. The van der Waals surface area contributed by atoms with Gasteiger partial charge >= 0.3 is 0 Å². The Morgan fingerprint density at radius 1 is 1.47 bits per heavy atom. The smallest absolute Gasteiger partial charge is 0.217 e. The van der Waals surface area contributed by atoms with Gasteiger partial charge in [-0.2, -0.15) is 4.98 Å². The highest BCUT2D eigenvalue weighted by molar-refractivity contribution is 9.10. The third kappa shape index (κ3) is 4.57. The summed E-state index contributed by atoms with van der Waals surface area (Å²) in [5, 5.41) is 8.62. The monoisotopic (exact) mass is 274 g/mol. The first-order valence-corrected chi connectivity index (χ1v) is 5.82. The number of aromatic nitrogens is 2. The number of aryl methyl sites for hydroxylation is 1. The Labute approximate surface area is 97.8 Å². The molecule has 0 aliphatic carbocycles. The molecular weight excluding hydrogens is 260 g/mol. The summed E-state index contributed by atoms with van der Waals surface area (Å²) in [5.41, 5.74) is 0. The quantitative estimate of drug-likeness (QED) is 0.637. The van der Waals surface area contributed by atoms with Gasteiger partial charge in [0.2, 0.25) is 5.88 Å². The van der Waals surface area contributed by atoms with Crippen molar-refractivity contribution in [1.82, 2.24) is 9.97 Å². The van der Waals surface area contributed by atoms with Crippen molar-refractivity contribution >= 4 is 15.9 Å². The van der Waals surface area contributed by atoms with E-state index in [9.17, 15) is 0 Å². The van der Waals surface area contributed by atoms with Gasteiger partial charge in [0.25, 0.3) is 0 Å². The third-order valence-electron chi connectivity index (χ3n) is 1.74. The second-order valence-electron chi connectivity index (χ2n) is 3.12. The average Bonchev–Trinajstić information content (AvgIpc) is 2.18.